The topological polar surface area (TPSA) is 29.9 Å². The fraction of sp³-hybridized carbons (Fsp3) is 0.438. The predicted octanol–water partition coefficient (Wildman–Crippen LogP) is 3.65. The van der Waals surface area contributed by atoms with E-state index >= 15 is 0 Å². The summed E-state index contributed by atoms with van der Waals surface area (Å²) in [5.74, 6) is 1.61. The van der Waals surface area contributed by atoms with Crippen molar-refractivity contribution in [1.82, 2.24) is 9.55 Å². The minimum absolute atomic E-state index is 0.581. The van der Waals surface area contributed by atoms with E-state index in [9.17, 15) is 0 Å². The van der Waals surface area contributed by atoms with Gasteiger partial charge in [0.1, 0.15) is 0 Å². The Morgan fingerprint density at radius 1 is 1.32 bits per heavy atom. The van der Waals surface area contributed by atoms with Gasteiger partial charge in [0.05, 0.1) is 0 Å². The highest BCUT2D eigenvalue weighted by atomic mass is 15.2. The van der Waals surface area contributed by atoms with Crippen LogP contribution in [-0.4, -0.2) is 15.6 Å². The minimum atomic E-state index is 0.581. The van der Waals surface area contributed by atoms with Gasteiger partial charge in [0, 0.05) is 25.0 Å². The predicted molar refractivity (Wildman–Crippen MR) is 78.3 cm³/mol. The number of aryl methyl sites for hydroxylation is 1. The van der Waals surface area contributed by atoms with E-state index < -0.39 is 0 Å². The van der Waals surface area contributed by atoms with Crippen molar-refractivity contribution < 1.29 is 0 Å². The fourth-order valence-corrected chi connectivity index (χ4v) is 2.32. The largest absolute Gasteiger partial charge is 0.353 e. The molecule has 1 heterocycles. The summed E-state index contributed by atoms with van der Waals surface area (Å²) < 4.78 is 2.23. The van der Waals surface area contributed by atoms with Crippen LogP contribution in [0.5, 0.6) is 0 Å². The lowest BCUT2D eigenvalue weighted by Crippen LogP contribution is -2.10. The van der Waals surface area contributed by atoms with Gasteiger partial charge in [-0.1, -0.05) is 37.3 Å². The number of rotatable bonds is 6. The molecule has 0 amide bonds. The number of imidazole rings is 1. The highest BCUT2D eigenvalue weighted by molar-refractivity contribution is 5.29. The highest BCUT2D eigenvalue weighted by Crippen LogP contribution is 2.25. The molecule has 1 fully saturated rings. The van der Waals surface area contributed by atoms with Crippen LogP contribution < -0.4 is 5.32 Å². The summed E-state index contributed by atoms with van der Waals surface area (Å²) in [5.41, 5.74) is 1.42. The van der Waals surface area contributed by atoms with Gasteiger partial charge in [-0.15, -0.1) is 0 Å². The maximum atomic E-state index is 4.40. The third-order valence-corrected chi connectivity index (χ3v) is 3.80. The minimum Gasteiger partial charge on any atom is -0.353 e. The smallest absolute Gasteiger partial charge is 0.202 e. The molecular weight excluding hydrogens is 234 g/mol. The van der Waals surface area contributed by atoms with Crippen molar-refractivity contribution in [3.63, 3.8) is 0 Å². The summed E-state index contributed by atoms with van der Waals surface area (Å²) in [6, 6.07) is 11.4. The van der Waals surface area contributed by atoms with E-state index in [2.05, 4.69) is 58.3 Å². The Balaban J connectivity index is 1.58. The van der Waals surface area contributed by atoms with Crippen LogP contribution in [0.4, 0.5) is 5.95 Å². The molecular formula is C16H21N3. The van der Waals surface area contributed by atoms with Crippen LogP contribution in [0.1, 0.15) is 37.7 Å². The molecule has 19 heavy (non-hydrogen) atoms. The van der Waals surface area contributed by atoms with Gasteiger partial charge in [0.25, 0.3) is 0 Å². The van der Waals surface area contributed by atoms with Gasteiger partial charge in [-0.3, -0.25) is 0 Å². The van der Waals surface area contributed by atoms with Gasteiger partial charge in [-0.2, -0.15) is 0 Å². The van der Waals surface area contributed by atoms with Gasteiger partial charge < -0.3 is 9.88 Å². The summed E-state index contributed by atoms with van der Waals surface area (Å²) in [6.07, 6.45) is 7.67. The van der Waals surface area contributed by atoms with E-state index in [4.69, 9.17) is 0 Å². The third kappa shape index (κ3) is 3.16. The van der Waals surface area contributed by atoms with Crippen LogP contribution in [0.2, 0.25) is 0 Å². The maximum absolute atomic E-state index is 4.40. The molecule has 1 aliphatic carbocycles. The van der Waals surface area contributed by atoms with Crippen molar-refractivity contribution in [3.8, 4) is 0 Å². The van der Waals surface area contributed by atoms with Crippen LogP contribution in [0.3, 0.4) is 0 Å². The zero-order valence-corrected chi connectivity index (χ0v) is 11.4. The summed E-state index contributed by atoms with van der Waals surface area (Å²) in [5, 5.41) is 3.48. The highest BCUT2D eigenvalue weighted by Gasteiger charge is 2.22. The number of hydrogen-bond acceptors (Lipinski definition) is 2. The molecule has 1 atom stereocenters. The molecule has 0 radical (unpaired) electrons. The average molecular weight is 255 g/mol. The Hall–Kier alpha value is -1.77. The first-order valence-corrected chi connectivity index (χ1v) is 7.15. The van der Waals surface area contributed by atoms with Crippen molar-refractivity contribution in [2.24, 2.45) is 0 Å². The first kappa shape index (κ1) is 12.3. The van der Waals surface area contributed by atoms with Crippen LogP contribution in [-0.2, 0) is 6.54 Å². The van der Waals surface area contributed by atoms with E-state index in [1.54, 1.807) is 0 Å². The molecule has 3 rings (SSSR count). The van der Waals surface area contributed by atoms with Crippen molar-refractivity contribution in [1.29, 1.82) is 0 Å². The average Bonchev–Trinajstić information content (AvgIpc) is 3.15. The first-order chi connectivity index (χ1) is 9.33. The van der Waals surface area contributed by atoms with E-state index in [1.807, 2.05) is 6.20 Å². The lowest BCUT2D eigenvalue weighted by atomic mass is 9.98. The molecule has 2 aromatic rings. The van der Waals surface area contributed by atoms with E-state index in [0.717, 1.165) is 18.9 Å². The van der Waals surface area contributed by atoms with Gasteiger partial charge in [-0.05, 0) is 30.7 Å². The van der Waals surface area contributed by atoms with E-state index in [0.29, 0.717) is 12.0 Å². The first-order valence-electron chi connectivity index (χ1n) is 7.15. The Bertz CT molecular complexity index is 514. The van der Waals surface area contributed by atoms with Gasteiger partial charge in [0.15, 0.2) is 0 Å². The molecule has 0 bridgehead atoms. The van der Waals surface area contributed by atoms with E-state index in [-0.39, 0.29) is 0 Å². The van der Waals surface area contributed by atoms with Crippen molar-refractivity contribution >= 4 is 5.95 Å². The Kier molecular flexibility index (Phi) is 3.53. The molecule has 3 heteroatoms. The molecule has 1 aliphatic rings. The summed E-state index contributed by atoms with van der Waals surface area (Å²) in [7, 11) is 0. The summed E-state index contributed by atoms with van der Waals surface area (Å²) in [6.45, 7) is 3.31. The monoisotopic (exact) mass is 255 g/mol. The van der Waals surface area contributed by atoms with E-state index in [1.165, 1.54) is 18.4 Å². The lowest BCUT2D eigenvalue weighted by molar-refractivity contribution is 0.579. The second kappa shape index (κ2) is 5.47. The molecule has 0 saturated heterocycles. The van der Waals surface area contributed by atoms with Crippen molar-refractivity contribution in [3.05, 3.63) is 48.3 Å². The molecule has 1 N–H and O–H groups in total. The molecule has 1 saturated carbocycles. The van der Waals surface area contributed by atoms with Crippen LogP contribution in [0, 0.1) is 0 Å². The van der Waals surface area contributed by atoms with Crippen LogP contribution in [0.25, 0.3) is 0 Å². The molecule has 1 aromatic carbocycles. The fourth-order valence-electron chi connectivity index (χ4n) is 2.32. The van der Waals surface area contributed by atoms with Gasteiger partial charge in [0.2, 0.25) is 5.95 Å². The third-order valence-electron chi connectivity index (χ3n) is 3.80. The number of nitrogens with zero attached hydrogens (tertiary/aromatic N) is 2. The number of anilines is 1. The van der Waals surface area contributed by atoms with Gasteiger partial charge >= 0.3 is 0 Å². The lowest BCUT2D eigenvalue weighted by Gasteiger charge is -2.14. The number of aromatic nitrogens is 2. The second-order valence-corrected chi connectivity index (χ2v) is 5.46. The number of nitrogens with one attached hydrogen (secondary N) is 1. The quantitative estimate of drug-likeness (QED) is 0.854. The van der Waals surface area contributed by atoms with Gasteiger partial charge in [-0.25, -0.2) is 4.98 Å². The number of hydrogen-bond donors (Lipinski definition) is 1. The summed E-state index contributed by atoms with van der Waals surface area (Å²) >= 11 is 0. The molecule has 0 aliphatic heterocycles. The standard InChI is InChI=1S/C16H21N3/c1-13(14-5-3-2-4-6-14)9-11-19-12-10-17-16(19)18-15-7-8-15/h2-6,10,12-13,15H,7-9,11H2,1H3,(H,17,18). The SMILES string of the molecule is CC(CCn1ccnc1NC1CC1)c1ccccc1. The normalized spacial score (nSPS) is 16.3. The Morgan fingerprint density at radius 2 is 2.11 bits per heavy atom. The van der Waals surface area contributed by atoms with Crippen LogP contribution >= 0.6 is 0 Å². The van der Waals surface area contributed by atoms with Crippen molar-refractivity contribution in [2.75, 3.05) is 5.32 Å². The molecule has 0 spiro atoms. The zero-order chi connectivity index (χ0) is 13.1. The number of benzene rings is 1. The van der Waals surface area contributed by atoms with Crippen LogP contribution in [0.15, 0.2) is 42.7 Å². The zero-order valence-electron chi connectivity index (χ0n) is 11.4. The molecule has 3 nitrogen and oxygen atoms in total. The maximum Gasteiger partial charge on any atom is 0.202 e. The Morgan fingerprint density at radius 3 is 2.84 bits per heavy atom. The van der Waals surface area contributed by atoms with Crippen molar-refractivity contribution in [2.45, 2.75) is 44.7 Å². The summed E-state index contributed by atoms with van der Waals surface area (Å²) in [4.78, 5) is 4.40. The molecule has 1 unspecified atom stereocenters. The Labute approximate surface area is 114 Å². The molecule has 1 aromatic heterocycles. The molecule has 100 valence electrons. The second-order valence-electron chi connectivity index (χ2n) is 5.46.